The molecule has 1 N–H and O–H groups in total. The molecule has 0 atom stereocenters. The van der Waals surface area contributed by atoms with Crippen LogP contribution in [-0.2, 0) is 6.42 Å². The maximum Gasteiger partial charge on any atom is 0.125 e. The molecule has 0 bridgehead atoms. The van der Waals surface area contributed by atoms with Gasteiger partial charge in [0.25, 0.3) is 0 Å². The summed E-state index contributed by atoms with van der Waals surface area (Å²) in [6.45, 7) is 16.5. The van der Waals surface area contributed by atoms with Crippen LogP contribution in [0.5, 0.6) is 0 Å². The molecule has 0 saturated heterocycles. The van der Waals surface area contributed by atoms with Crippen LogP contribution in [0.3, 0.4) is 0 Å². The minimum Gasteiger partial charge on any atom is -0.340 e. The lowest BCUT2D eigenvalue weighted by Gasteiger charge is -2.17. The van der Waals surface area contributed by atoms with E-state index >= 15 is 0 Å². The number of aryl methyl sites for hydroxylation is 1. The van der Waals surface area contributed by atoms with Gasteiger partial charge in [-0.2, -0.15) is 0 Å². The second-order valence-corrected chi connectivity index (χ2v) is 9.58. The predicted molar refractivity (Wildman–Crippen MR) is 170 cm³/mol. The molecular weight excluding hydrogens is 521 g/mol. The van der Waals surface area contributed by atoms with Crippen molar-refractivity contribution in [2.75, 3.05) is 6.54 Å². The quantitative estimate of drug-likeness (QED) is 0.302. The van der Waals surface area contributed by atoms with Gasteiger partial charge in [-0.1, -0.05) is 117 Å². The van der Waals surface area contributed by atoms with E-state index in [1.807, 2.05) is 79.8 Å². The lowest BCUT2D eigenvalue weighted by molar-refractivity contribution is 1.03. The molecule has 0 spiro atoms. The van der Waals surface area contributed by atoms with Crippen LogP contribution in [-0.4, -0.2) is 17.4 Å². The largest absolute Gasteiger partial charge is 0.340 e. The van der Waals surface area contributed by atoms with E-state index in [1.54, 1.807) is 12.2 Å². The average Bonchev–Trinajstić information content (AvgIpc) is 2.95. The summed E-state index contributed by atoms with van der Waals surface area (Å²) in [6, 6.07) is 15.9. The highest BCUT2D eigenvalue weighted by Gasteiger charge is 2.17. The summed E-state index contributed by atoms with van der Waals surface area (Å²) in [6.07, 6.45) is 12.2. The third-order valence-electron chi connectivity index (χ3n) is 6.50. The standard InChI is InChI=1S/C34H31Cl2N3/c1-6-22-17-18-24(21-32(37-10-5)39-30(22)9-4)25-13-11-14-26(33(25)35)27-15-12-16-28(34(27)36)31-20-19-23(7-2)29(8-3)38-31/h6-7,9,11-21H,1-2,4,8,10H2,3,5H3,(H,37,39). The number of nitrogens with one attached hydrogen (secondary N) is 1. The summed E-state index contributed by atoms with van der Waals surface area (Å²) in [5.41, 5.74) is 8.87. The van der Waals surface area contributed by atoms with Crippen LogP contribution in [0.25, 0.3) is 34.0 Å². The Hall–Kier alpha value is -3.92. The van der Waals surface area contributed by atoms with Gasteiger partial charge in [0.05, 0.1) is 15.7 Å². The Morgan fingerprint density at radius 1 is 0.821 bits per heavy atom. The van der Waals surface area contributed by atoms with Gasteiger partial charge in [-0.3, -0.25) is 9.98 Å². The molecular formula is C34H31Cl2N3. The van der Waals surface area contributed by atoms with E-state index in [2.05, 4.69) is 37.0 Å². The van der Waals surface area contributed by atoms with Crippen molar-refractivity contribution in [2.45, 2.75) is 20.3 Å². The molecule has 0 radical (unpaired) electrons. The molecule has 0 unspecified atom stereocenters. The van der Waals surface area contributed by atoms with Crippen LogP contribution in [0.1, 0.15) is 30.7 Å². The van der Waals surface area contributed by atoms with Gasteiger partial charge in [0.1, 0.15) is 5.84 Å². The number of hydrogen-bond acceptors (Lipinski definition) is 2. The topological polar surface area (TPSA) is 37.3 Å². The van der Waals surface area contributed by atoms with Gasteiger partial charge in [0.15, 0.2) is 0 Å². The fourth-order valence-electron chi connectivity index (χ4n) is 4.51. The zero-order valence-corrected chi connectivity index (χ0v) is 23.8. The van der Waals surface area contributed by atoms with E-state index in [1.165, 1.54) is 0 Å². The SMILES string of the molecule is C=CC1=C(C=C)NC(=NCC)/C=C(/c2cccc(-c3cccc(-c4ccc(C=C)c(CC)n4)c3Cl)c2Cl)C=C1. The Morgan fingerprint density at radius 3 is 2.10 bits per heavy atom. The summed E-state index contributed by atoms with van der Waals surface area (Å²) in [5.74, 6) is 0.716. The van der Waals surface area contributed by atoms with Gasteiger partial charge in [-0.25, -0.2) is 0 Å². The number of aromatic nitrogens is 1. The van der Waals surface area contributed by atoms with Crippen LogP contribution in [0.4, 0.5) is 0 Å². The van der Waals surface area contributed by atoms with Crippen molar-refractivity contribution >= 4 is 40.7 Å². The van der Waals surface area contributed by atoms with E-state index in [0.29, 0.717) is 22.4 Å². The summed E-state index contributed by atoms with van der Waals surface area (Å²) < 4.78 is 0. The molecule has 2 heterocycles. The molecule has 5 heteroatoms. The average molecular weight is 553 g/mol. The van der Waals surface area contributed by atoms with Crippen LogP contribution < -0.4 is 5.32 Å². The first-order valence-corrected chi connectivity index (χ1v) is 13.6. The second kappa shape index (κ2) is 12.8. The molecule has 2 aromatic carbocycles. The lowest BCUT2D eigenvalue weighted by Crippen LogP contribution is -2.22. The third kappa shape index (κ3) is 5.90. The summed E-state index contributed by atoms with van der Waals surface area (Å²) in [7, 11) is 0. The van der Waals surface area contributed by atoms with Crippen molar-refractivity contribution in [3.63, 3.8) is 0 Å². The van der Waals surface area contributed by atoms with Crippen molar-refractivity contribution in [1.82, 2.24) is 10.3 Å². The molecule has 0 aliphatic carbocycles. The molecule has 4 rings (SSSR count). The zero-order chi connectivity index (χ0) is 27.9. The minimum atomic E-state index is 0.598. The molecule has 1 aliphatic rings. The van der Waals surface area contributed by atoms with Gasteiger partial charge in [-0.15, -0.1) is 0 Å². The monoisotopic (exact) mass is 551 g/mol. The van der Waals surface area contributed by atoms with E-state index in [4.69, 9.17) is 28.2 Å². The molecule has 0 saturated carbocycles. The molecule has 0 amide bonds. The van der Waals surface area contributed by atoms with Gasteiger partial charge >= 0.3 is 0 Å². The first kappa shape index (κ1) is 28.1. The molecule has 1 aliphatic heterocycles. The fraction of sp³-hybridized carbons (Fsp3) is 0.118. The highest BCUT2D eigenvalue weighted by Crippen LogP contribution is 2.41. The first-order valence-electron chi connectivity index (χ1n) is 12.9. The lowest BCUT2D eigenvalue weighted by atomic mass is 9.95. The van der Waals surface area contributed by atoms with Crippen LogP contribution in [0.2, 0.25) is 10.0 Å². The van der Waals surface area contributed by atoms with Gasteiger partial charge in [-0.05, 0) is 48.3 Å². The predicted octanol–water partition coefficient (Wildman–Crippen LogP) is 9.52. The van der Waals surface area contributed by atoms with Crippen molar-refractivity contribution in [1.29, 1.82) is 0 Å². The Labute approximate surface area is 241 Å². The Balaban J connectivity index is 1.85. The number of nitrogens with zero attached hydrogens (tertiary/aromatic N) is 2. The zero-order valence-electron chi connectivity index (χ0n) is 22.3. The van der Waals surface area contributed by atoms with Crippen LogP contribution >= 0.6 is 23.2 Å². The van der Waals surface area contributed by atoms with Gasteiger partial charge < -0.3 is 5.32 Å². The summed E-state index contributed by atoms with van der Waals surface area (Å²) >= 11 is 14.1. The van der Waals surface area contributed by atoms with Crippen LogP contribution in [0, 0.1) is 0 Å². The number of aliphatic imine (C=N–C) groups is 1. The maximum absolute atomic E-state index is 7.11. The maximum atomic E-state index is 7.11. The third-order valence-corrected chi connectivity index (χ3v) is 7.31. The van der Waals surface area contributed by atoms with E-state index in [9.17, 15) is 0 Å². The number of amidine groups is 1. The smallest absolute Gasteiger partial charge is 0.125 e. The molecule has 1 aromatic heterocycles. The molecule has 3 aromatic rings. The van der Waals surface area contributed by atoms with E-state index < -0.39 is 0 Å². The Morgan fingerprint density at radius 2 is 1.49 bits per heavy atom. The number of benzene rings is 2. The molecule has 0 fully saturated rings. The summed E-state index contributed by atoms with van der Waals surface area (Å²) in [5, 5.41) is 4.56. The molecule has 3 nitrogen and oxygen atoms in total. The molecule has 196 valence electrons. The van der Waals surface area contributed by atoms with E-state index in [-0.39, 0.29) is 0 Å². The Kier molecular flexibility index (Phi) is 9.19. The van der Waals surface area contributed by atoms with Crippen LogP contribution in [0.15, 0.2) is 115 Å². The summed E-state index contributed by atoms with van der Waals surface area (Å²) in [4.78, 5) is 9.49. The van der Waals surface area contributed by atoms with E-state index in [0.717, 1.165) is 62.5 Å². The molecule has 39 heavy (non-hydrogen) atoms. The number of hydrogen-bond donors (Lipinski definition) is 1. The highest BCUT2D eigenvalue weighted by atomic mass is 35.5. The first-order chi connectivity index (χ1) is 18.9. The fourth-order valence-corrected chi connectivity index (χ4v) is 5.17. The normalized spacial score (nSPS) is 15.7. The number of rotatable bonds is 8. The number of halogens is 2. The number of allylic oxidation sites excluding steroid dienone is 6. The van der Waals surface area contributed by atoms with Crippen molar-refractivity contribution in [3.8, 4) is 22.4 Å². The number of pyridine rings is 1. The van der Waals surface area contributed by atoms with Gasteiger partial charge in [0, 0.05) is 40.2 Å². The van der Waals surface area contributed by atoms with Crippen molar-refractivity contribution < 1.29 is 0 Å². The minimum absolute atomic E-state index is 0.598. The van der Waals surface area contributed by atoms with Gasteiger partial charge in [0.2, 0.25) is 0 Å². The van der Waals surface area contributed by atoms with Crippen molar-refractivity contribution in [2.24, 2.45) is 4.99 Å². The van der Waals surface area contributed by atoms with Crippen molar-refractivity contribution in [3.05, 3.63) is 137 Å². The second-order valence-electron chi connectivity index (χ2n) is 8.82. The highest BCUT2D eigenvalue weighted by molar-refractivity contribution is 6.39. The Bertz CT molecular complexity index is 1570.